The van der Waals surface area contributed by atoms with Crippen LogP contribution in [0, 0.1) is 61.7 Å². The smallest absolute Gasteiger partial charge is 0.121 e. The van der Waals surface area contributed by atoms with E-state index in [1.807, 2.05) is 6.07 Å². The summed E-state index contributed by atoms with van der Waals surface area (Å²) in [5.74, 6) is 6.47. The monoisotopic (exact) mass is 460 g/mol. The molecule has 0 amide bonds. The largest absolute Gasteiger partial charge is 0.507 e. The maximum absolute atomic E-state index is 10.8. The third-order valence-electron chi connectivity index (χ3n) is 10.7. The summed E-state index contributed by atoms with van der Waals surface area (Å²) < 4.78 is 6.17. The fourth-order valence-electron chi connectivity index (χ4n) is 9.18. The molecule has 2 heteroatoms. The van der Waals surface area contributed by atoms with Gasteiger partial charge in [-0.15, -0.1) is 0 Å². The highest BCUT2D eigenvalue weighted by atomic mass is 16.5. The van der Waals surface area contributed by atoms with Crippen LogP contribution in [0.2, 0.25) is 0 Å². The van der Waals surface area contributed by atoms with Crippen LogP contribution in [-0.2, 0) is 6.42 Å². The molecule has 34 heavy (non-hydrogen) atoms. The molecule has 8 atom stereocenters. The van der Waals surface area contributed by atoms with Crippen molar-refractivity contribution in [2.75, 3.05) is 6.61 Å². The molecular formula is C32H44O2. The fourth-order valence-corrected chi connectivity index (χ4v) is 9.18. The lowest BCUT2D eigenvalue weighted by molar-refractivity contribution is -0.0294. The molecule has 0 heterocycles. The first kappa shape index (κ1) is 23.8. The molecule has 2 aromatic carbocycles. The van der Waals surface area contributed by atoms with Gasteiger partial charge in [0.15, 0.2) is 0 Å². The van der Waals surface area contributed by atoms with Crippen LogP contribution < -0.4 is 4.74 Å². The Bertz CT molecular complexity index is 1060. The topological polar surface area (TPSA) is 29.5 Å². The van der Waals surface area contributed by atoms with Crippen molar-refractivity contribution in [3.8, 4) is 11.5 Å². The van der Waals surface area contributed by atoms with Gasteiger partial charge in [0.1, 0.15) is 11.5 Å². The molecule has 2 fully saturated rings. The first-order valence-corrected chi connectivity index (χ1v) is 13.6. The molecule has 0 spiro atoms. The molecule has 2 aromatic rings. The average molecular weight is 461 g/mol. The number of hydrogen-bond donors (Lipinski definition) is 1. The summed E-state index contributed by atoms with van der Waals surface area (Å²) in [6, 6.07) is 10.3. The molecule has 0 aromatic heterocycles. The van der Waals surface area contributed by atoms with Gasteiger partial charge in [-0.3, -0.25) is 0 Å². The van der Waals surface area contributed by atoms with Crippen LogP contribution in [0.25, 0.3) is 0 Å². The Labute approximate surface area is 207 Å². The maximum Gasteiger partial charge on any atom is 0.121 e. The van der Waals surface area contributed by atoms with Gasteiger partial charge >= 0.3 is 0 Å². The molecule has 2 saturated carbocycles. The predicted octanol–water partition coefficient (Wildman–Crippen LogP) is 8.00. The highest BCUT2D eigenvalue weighted by Crippen LogP contribution is 2.68. The van der Waals surface area contributed by atoms with Gasteiger partial charge in [-0.2, -0.15) is 0 Å². The first-order valence-electron chi connectivity index (χ1n) is 13.6. The van der Waals surface area contributed by atoms with Crippen LogP contribution in [0.15, 0.2) is 30.3 Å². The zero-order valence-electron chi connectivity index (χ0n) is 22.3. The Morgan fingerprint density at radius 1 is 0.941 bits per heavy atom. The first-order chi connectivity index (χ1) is 16.1. The minimum Gasteiger partial charge on any atom is -0.507 e. The van der Waals surface area contributed by atoms with Crippen LogP contribution in [0.3, 0.4) is 0 Å². The quantitative estimate of drug-likeness (QED) is 0.501. The minimum absolute atomic E-state index is 0.390. The summed E-state index contributed by atoms with van der Waals surface area (Å²) in [6.07, 6.45) is 4.94. The lowest BCUT2D eigenvalue weighted by atomic mass is 9.48. The van der Waals surface area contributed by atoms with E-state index in [4.69, 9.17) is 4.74 Å². The number of aromatic hydroxyl groups is 1. The molecular weight excluding hydrogens is 416 g/mol. The Kier molecular flexibility index (Phi) is 6.02. The molecule has 0 radical (unpaired) electrons. The van der Waals surface area contributed by atoms with Crippen LogP contribution in [0.4, 0.5) is 0 Å². The van der Waals surface area contributed by atoms with E-state index >= 15 is 0 Å². The second-order valence-electron chi connectivity index (χ2n) is 12.5. The van der Waals surface area contributed by atoms with Crippen LogP contribution >= 0.6 is 0 Å². The van der Waals surface area contributed by atoms with Gasteiger partial charge in [-0.1, -0.05) is 45.9 Å². The SMILES string of the molecule is Cc1c(C)c2c(c(C)c1O)CC(C)C1C2C(C)CC2(C)C1CC(C)[C@@H]2CCOc1ccccc1. The van der Waals surface area contributed by atoms with Crippen molar-refractivity contribution >= 4 is 0 Å². The van der Waals surface area contributed by atoms with E-state index in [2.05, 4.69) is 72.7 Å². The Morgan fingerprint density at radius 3 is 2.35 bits per heavy atom. The summed E-state index contributed by atoms with van der Waals surface area (Å²) in [5, 5.41) is 10.8. The second kappa shape index (κ2) is 8.61. The van der Waals surface area contributed by atoms with Crippen molar-refractivity contribution in [2.24, 2.45) is 40.9 Å². The van der Waals surface area contributed by atoms with Crippen molar-refractivity contribution < 1.29 is 9.84 Å². The number of phenols is 1. The number of hydrogen-bond acceptors (Lipinski definition) is 2. The summed E-state index contributed by atoms with van der Waals surface area (Å²) in [5.41, 5.74) is 7.05. The Morgan fingerprint density at radius 2 is 1.65 bits per heavy atom. The van der Waals surface area contributed by atoms with E-state index in [1.54, 1.807) is 5.56 Å². The molecule has 1 N–H and O–H groups in total. The van der Waals surface area contributed by atoms with E-state index in [0.717, 1.165) is 60.0 Å². The Balaban J connectivity index is 1.45. The molecule has 184 valence electrons. The predicted molar refractivity (Wildman–Crippen MR) is 141 cm³/mol. The summed E-state index contributed by atoms with van der Waals surface area (Å²) >= 11 is 0. The fraction of sp³-hybridized carbons (Fsp3) is 0.625. The van der Waals surface area contributed by atoms with E-state index in [0.29, 0.717) is 28.9 Å². The van der Waals surface area contributed by atoms with Crippen molar-refractivity contribution in [3.05, 3.63) is 58.1 Å². The highest BCUT2D eigenvalue weighted by molar-refractivity contribution is 5.56. The molecule has 5 rings (SSSR count). The van der Waals surface area contributed by atoms with Crippen LogP contribution in [0.5, 0.6) is 11.5 Å². The maximum atomic E-state index is 10.8. The van der Waals surface area contributed by atoms with Crippen LogP contribution in [-0.4, -0.2) is 11.7 Å². The molecule has 3 aliphatic carbocycles. The van der Waals surface area contributed by atoms with Gasteiger partial charge in [-0.05, 0) is 133 Å². The van der Waals surface area contributed by atoms with Gasteiger partial charge in [0.25, 0.3) is 0 Å². The van der Waals surface area contributed by atoms with E-state index in [9.17, 15) is 5.11 Å². The lowest BCUT2D eigenvalue weighted by Crippen LogP contribution is -2.49. The highest BCUT2D eigenvalue weighted by Gasteiger charge is 2.60. The molecule has 2 nitrogen and oxygen atoms in total. The third kappa shape index (κ3) is 3.50. The zero-order valence-corrected chi connectivity index (χ0v) is 22.3. The number of fused-ring (bicyclic) bond motifs is 5. The summed E-state index contributed by atoms with van der Waals surface area (Å²) in [4.78, 5) is 0. The zero-order chi connectivity index (χ0) is 24.4. The molecule has 0 saturated heterocycles. The molecule has 0 bridgehead atoms. The van der Waals surface area contributed by atoms with Gasteiger partial charge in [-0.25, -0.2) is 0 Å². The number of rotatable bonds is 4. The number of phenolic OH excluding ortho intramolecular Hbond substituents is 1. The normalized spacial score (nSPS) is 36.5. The number of para-hydroxylation sites is 1. The number of benzene rings is 2. The molecule has 7 unspecified atom stereocenters. The van der Waals surface area contributed by atoms with Crippen molar-refractivity contribution in [2.45, 2.75) is 80.1 Å². The van der Waals surface area contributed by atoms with Crippen molar-refractivity contribution in [1.29, 1.82) is 0 Å². The average Bonchev–Trinajstić information content (AvgIpc) is 3.06. The van der Waals surface area contributed by atoms with Gasteiger partial charge < -0.3 is 9.84 Å². The summed E-state index contributed by atoms with van der Waals surface area (Å²) in [6.45, 7) is 17.5. The summed E-state index contributed by atoms with van der Waals surface area (Å²) in [7, 11) is 0. The molecule has 3 aliphatic rings. The van der Waals surface area contributed by atoms with E-state index < -0.39 is 0 Å². The lowest BCUT2D eigenvalue weighted by Gasteiger charge is -2.56. The number of ether oxygens (including phenoxy) is 1. The van der Waals surface area contributed by atoms with Gasteiger partial charge in [0.05, 0.1) is 6.61 Å². The Hall–Kier alpha value is -1.96. The van der Waals surface area contributed by atoms with Crippen molar-refractivity contribution in [1.82, 2.24) is 0 Å². The van der Waals surface area contributed by atoms with E-state index in [-0.39, 0.29) is 0 Å². The van der Waals surface area contributed by atoms with Crippen molar-refractivity contribution in [3.63, 3.8) is 0 Å². The minimum atomic E-state index is 0.390. The van der Waals surface area contributed by atoms with Crippen LogP contribution in [0.1, 0.15) is 80.7 Å². The van der Waals surface area contributed by atoms with Gasteiger partial charge in [0.2, 0.25) is 0 Å². The standard InChI is InChI=1S/C32H44O2/c1-18-16-27-28-19(2)15-25-23(6)31(33)22(5)21(4)30(25)29(28)20(3)17-32(27,7)26(18)13-14-34-24-11-9-8-10-12-24/h8-12,18-20,26-29,33H,13-17H2,1-7H3/t18?,19?,20?,26-,27?,28?,29?,32?/m0/s1. The molecule has 0 aliphatic heterocycles. The second-order valence-corrected chi connectivity index (χ2v) is 12.5. The third-order valence-corrected chi connectivity index (χ3v) is 10.7. The van der Waals surface area contributed by atoms with Gasteiger partial charge in [0, 0.05) is 0 Å². The van der Waals surface area contributed by atoms with E-state index in [1.165, 1.54) is 24.0 Å².